The molecule has 3 aromatic rings. The Morgan fingerprint density at radius 3 is 2.21 bits per heavy atom. The van der Waals surface area contributed by atoms with Crippen LogP contribution in [0.5, 0.6) is 0 Å². The second-order valence-corrected chi connectivity index (χ2v) is 8.37. The SMILES string of the molecule is CSc1ccc(-c2cccc(C3CC(C(F)(F)C(F)(F)F)=NN3c3ccccc3F)c2)cc1. The topological polar surface area (TPSA) is 15.6 Å². The third kappa shape index (κ3) is 4.46. The molecular formula is C24H18F6N2S. The fraction of sp³-hybridized carbons (Fsp3) is 0.208. The van der Waals surface area contributed by atoms with E-state index >= 15 is 0 Å². The van der Waals surface area contributed by atoms with E-state index in [2.05, 4.69) is 5.10 Å². The maximum absolute atomic E-state index is 14.5. The summed E-state index contributed by atoms with van der Waals surface area (Å²) >= 11 is 1.58. The van der Waals surface area contributed by atoms with Crippen molar-refractivity contribution in [3.05, 3.63) is 84.2 Å². The Hall–Kier alpha value is -2.94. The van der Waals surface area contributed by atoms with Gasteiger partial charge in [0, 0.05) is 11.3 Å². The average Bonchev–Trinajstić information content (AvgIpc) is 3.25. The first kappa shape index (κ1) is 23.2. The van der Waals surface area contributed by atoms with Crippen LogP contribution in [0.1, 0.15) is 18.0 Å². The molecule has 172 valence electrons. The first-order chi connectivity index (χ1) is 15.6. The molecule has 0 saturated carbocycles. The van der Waals surface area contributed by atoms with Crippen LogP contribution in [0.15, 0.2) is 82.8 Å². The zero-order valence-electron chi connectivity index (χ0n) is 17.3. The molecule has 33 heavy (non-hydrogen) atoms. The number of rotatable bonds is 5. The van der Waals surface area contributed by atoms with Gasteiger partial charge >= 0.3 is 12.1 Å². The van der Waals surface area contributed by atoms with Crippen LogP contribution in [0, 0.1) is 5.82 Å². The standard InChI is InChI=1S/C24H18F6N2S/c1-33-18-11-9-15(10-12-18)16-5-4-6-17(13-16)21-14-22(23(26,27)24(28,29)30)31-32(21)20-8-3-2-7-19(20)25/h2-13,21H,14H2,1H3. The van der Waals surface area contributed by atoms with Crippen molar-refractivity contribution in [1.29, 1.82) is 0 Å². The molecule has 0 aliphatic carbocycles. The van der Waals surface area contributed by atoms with Crippen LogP contribution in [0.4, 0.5) is 32.0 Å². The molecule has 9 heteroatoms. The molecular weight excluding hydrogens is 462 g/mol. The van der Waals surface area contributed by atoms with Crippen molar-refractivity contribution in [3.63, 3.8) is 0 Å². The van der Waals surface area contributed by atoms with Gasteiger partial charge in [-0.25, -0.2) is 4.39 Å². The van der Waals surface area contributed by atoms with Crippen LogP contribution in [0.3, 0.4) is 0 Å². The summed E-state index contributed by atoms with van der Waals surface area (Å²) in [6.45, 7) is 0. The minimum atomic E-state index is -5.80. The molecule has 3 aromatic carbocycles. The van der Waals surface area contributed by atoms with Crippen LogP contribution in [-0.2, 0) is 0 Å². The van der Waals surface area contributed by atoms with E-state index in [-0.39, 0.29) is 5.69 Å². The molecule has 1 unspecified atom stereocenters. The largest absolute Gasteiger partial charge is 0.459 e. The van der Waals surface area contributed by atoms with Gasteiger partial charge in [0.15, 0.2) is 0 Å². The molecule has 1 atom stereocenters. The summed E-state index contributed by atoms with van der Waals surface area (Å²) in [5, 5.41) is 4.49. The summed E-state index contributed by atoms with van der Waals surface area (Å²) in [5.41, 5.74) is 0.529. The summed E-state index contributed by atoms with van der Waals surface area (Å²) in [7, 11) is 0. The smallest absolute Gasteiger partial charge is 0.255 e. The van der Waals surface area contributed by atoms with Crippen LogP contribution in [-0.4, -0.2) is 24.1 Å². The molecule has 0 aromatic heterocycles. The van der Waals surface area contributed by atoms with Crippen molar-refractivity contribution in [2.75, 3.05) is 11.3 Å². The first-order valence-corrected chi connectivity index (χ1v) is 11.1. The van der Waals surface area contributed by atoms with E-state index in [4.69, 9.17) is 0 Å². The van der Waals surface area contributed by atoms with Crippen LogP contribution < -0.4 is 5.01 Å². The molecule has 4 rings (SSSR count). The zero-order chi connectivity index (χ0) is 23.8. The number of hydrogen-bond acceptors (Lipinski definition) is 3. The van der Waals surface area contributed by atoms with E-state index in [1.54, 1.807) is 30.0 Å². The summed E-state index contributed by atoms with van der Waals surface area (Å²) in [5.74, 6) is -5.90. The monoisotopic (exact) mass is 480 g/mol. The van der Waals surface area contributed by atoms with Crippen molar-refractivity contribution < 1.29 is 26.3 Å². The highest BCUT2D eigenvalue weighted by atomic mass is 32.2. The van der Waals surface area contributed by atoms with Gasteiger partial charge in [0.2, 0.25) is 0 Å². The molecule has 0 N–H and O–H groups in total. The Balaban J connectivity index is 1.76. The molecule has 0 fully saturated rings. The van der Waals surface area contributed by atoms with Crippen molar-refractivity contribution in [2.45, 2.75) is 29.5 Å². The lowest BCUT2D eigenvalue weighted by molar-refractivity contribution is -0.249. The number of benzene rings is 3. The molecule has 1 heterocycles. The molecule has 0 amide bonds. The predicted octanol–water partition coefficient (Wildman–Crippen LogP) is 7.72. The van der Waals surface area contributed by atoms with E-state index < -0.39 is 36.1 Å². The lowest BCUT2D eigenvalue weighted by atomic mass is 9.95. The van der Waals surface area contributed by atoms with E-state index in [0.29, 0.717) is 5.56 Å². The van der Waals surface area contributed by atoms with E-state index in [0.717, 1.165) is 27.1 Å². The number of thioether (sulfide) groups is 1. The Morgan fingerprint density at radius 2 is 1.58 bits per heavy atom. The second kappa shape index (κ2) is 8.78. The number of hydrogen-bond donors (Lipinski definition) is 0. The zero-order valence-corrected chi connectivity index (χ0v) is 18.1. The second-order valence-electron chi connectivity index (χ2n) is 7.49. The maximum atomic E-state index is 14.5. The van der Waals surface area contributed by atoms with E-state index in [1.165, 1.54) is 18.2 Å². The van der Waals surface area contributed by atoms with Gasteiger partial charge in [-0.3, -0.25) is 5.01 Å². The molecule has 0 saturated heterocycles. The molecule has 1 aliphatic heterocycles. The lowest BCUT2D eigenvalue weighted by Gasteiger charge is -2.24. The molecule has 2 nitrogen and oxygen atoms in total. The maximum Gasteiger partial charge on any atom is 0.459 e. The van der Waals surface area contributed by atoms with Crippen LogP contribution in [0.25, 0.3) is 11.1 Å². The highest BCUT2D eigenvalue weighted by molar-refractivity contribution is 7.98. The third-order valence-corrected chi connectivity index (χ3v) is 6.17. The van der Waals surface area contributed by atoms with Gasteiger partial charge in [-0.05, 0) is 53.3 Å². The predicted molar refractivity (Wildman–Crippen MR) is 118 cm³/mol. The number of hydrazone groups is 1. The van der Waals surface area contributed by atoms with Gasteiger partial charge in [-0.1, -0.05) is 42.5 Å². The minimum absolute atomic E-state index is 0.176. The van der Waals surface area contributed by atoms with Crippen LogP contribution >= 0.6 is 11.8 Å². The fourth-order valence-corrected chi connectivity index (χ4v) is 4.10. The number of anilines is 1. The highest BCUT2D eigenvalue weighted by Gasteiger charge is 2.62. The van der Waals surface area contributed by atoms with Crippen molar-refractivity contribution in [1.82, 2.24) is 0 Å². The Labute approximate surface area is 190 Å². The first-order valence-electron chi connectivity index (χ1n) is 9.92. The average molecular weight is 480 g/mol. The van der Waals surface area contributed by atoms with Gasteiger partial charge < -0.3 is 0 Å². The fourth-order valence-electron chi connectivity index (χ4n) is 3.69. The lowest BCUT2D eigenvalue weighted by Crippen LogP contribution is -2.43. The number of nitrogens with zero attached hydrogens (tertiary/aromatic N) is 2. The summed E-state index contributed by atoms with van der Waals surface area (Å²) in [6, 6.07) is 18.7. The van der Waals surface area contributed by atoms with Gasteiger partial charge in [0.1, 0.15) is 11.5 Å². The quantitative estimate of drug-likeness (QED) is 0.274. The minimum Gasteiger partial charge on any atom is -0.255 e. The van der Waals surface area contributed by atoms with Crippen molar-refractivity contribution >= 4 is 23.2 Å². The van der Waals surface area contributed by atoms with Gasteiger partial charge in [-0.15, -0.1) is 11.8 Å². The molecule has 1 aliphatic rings. The number of para-hydroxylation sites is 1. The Morgan fingerprint density at radius 1 is 0.879 bits per heavy atom. The summed E-state index contributed by atoms with van der Waals surface area (Å²) < 4.78 is 81.9. The van der Waals surface area contributed by atoms with Crippen LogP contribution in [0.2, 0.25) is 0 Å². The normalized spacial score (nSPS) is 16.8. The summed E-state index contributed by atoms with van der Waals surface area (Å²) in [4.78, 5) is 1.06. The van der Waals surface area contributed by atoms with Gasteiger partial charge in [0.25, 0.3) is 0 Å². The van der Waals surface area contributed by atoms with E-state index in [9.17, 15) is 26.3 Å². The third-order valence-electron chi connectivity index (χ3n) is 5.42. The van der Waals surface area contributed by atoms with Gasteiger partial charge in [-0.2, -0.15) is 27.1 Å². The number of alkyl halides is 5. The Kier molecular flexibility index (Phi) is 6.18. The molecule has 0 bridgehead atoms. The number of halogens is 6. The Bertz CT molecular complexity index is 1170. The summed E-state index contributed by atoms with van der Waals surface area (Å²) in [6.07, 6.45) is -4.56. The highest BCUT2D eigenvalue weighted by Crippen LogP contribution is 2.45. The molecule has 0 radical (unpaired) electrons. The van der Waals surface area contributed by atoms with Crippen molar-refractivity contribution in [3.8, 4) is 11.1 Å². The van der Waals surface area contributed by atoms with E-state index in [1.807, 2.05) is 36.6 Å². The molecule has 0 spiro atoms. The van der Waals surface area contributed by atoms with Gasteiger partial charge in [0.05, 0.1) is 11.7 Å². The van der Waals surface area contributed by atoms with Crippen molar-refractivity contribution in [2.24, 2.45) is 5.10 Å².